The van der Waals surface area contributed by atoms with Gasteiger partial charge in [-0.05, 0) is 24.6 Å². The van der Waals surface area contributed by atoms with E-state index < -0.39 is 23.6 Å². The van der Waals surface area contributed by atoms with Crippen molar-refractivity contribution in [2.45, 2.75) is 12.5 Å². The summed E-state index contributed by atoms with van der Waals surface area (Å²) in [4.78, 5) is 34.4. The molecule has 0 spiro atoms. The second kappa shape index (κ2) is 8.75. The van der Waals surface area contributed by atoms with Crippen LogP contribution >= 0.6 is 0 Å². The summed E-state index contributed by atoms with van der Waals surface area (Å²) in [5.41, 5.74) is -0.372. The van der Waals surface area contributed by atoms with Crippen molar-refractivity contribution in [3.8, 4) is 5.75 Å². The van der Waals surface area contributed by atoms with E-state index in [2.05, 4.69) is 15.2 Å². The third-order valence-corrected chi connectivity index (χ3v) is 5.55. The lowest BCUT2D eigenvalue weighted by atomic mass is 10.2. The standard InChI is InChI=1S/C21H23F2N5O3/c1-31-14-5-7-24-18(13-14)26-9-11-27(12-10-26)21(30)25-17-6-8-28(20(17)29)19-15(22)3-2-4-16(19)23/h2-5,7,13,17H,6,8-12H2,1H3,(H,25,30). The first-order chi connectivity index (χ1) is 15.0. The summed E-state index contributed by atoms with van der Waals surface area (Å²) >= 11 is 0. The summed E-state index contributed by atoms with van der Waals surface area (Å²) in [6.07, 6.45) is 1.95. The number of nitrogens with zero attached hydrogens (tertiary/aromatic N) is 4. The zero-order valence-corrected chi connectivity index (χ0v) is 17.1. The fraction of sp³-hybridized carbons (Fsp3) is 0.381. The maximum absolute atomic E-state index is 14.0. The Labute approximate surface area is 178 Å². The van der Waals surface area contributed by atoms with Crippen molar-refractivity contribution in [3.05, 3.63) is 48.2 Å². The molecule has 164 valence electrons. The predicted octanol–water partition coefficient (Wildman–Crippen LogP) is 2.01. The number of pyridine rings is 1. The fourth-order valence-electron chi connectivity index (χ4n) is 3.86. The van der Waals surface area contributed by atoms with E-state index >= 15 is 0 Å². The molecule has 0 aliphatic carbocycles. The van der Waals surface area contributed by atoms with Crippen molar-refractivity contribution in [2.24, 2.45) is 0 Å². The van der Waals surface area contributed by atoms with Crippen molar-refractivity contribution in [1.29, 1.82) is 0 Å². The molecule has 2 aromatic rings. The summed E-state index contributed by atoms with van der Waals surface area (Å²) in [5.74, 6) is -0.643. The van der Waals surface area contributed by atoms with Crippen LogP contribution in [0.15, 0.2) is 36.5 Å². The number of halogens is 2. The molecule has 1 unspecified atom stereocenters. The van der Waals surface area contributed by atoms with E-state index in [0.717, 1.165) is 22.9 Å². The van der Waals surface area contributed by atoms with Gasteiger partial charge in [0.1, 0.15) is 34.9 Å². The van der Waals surface area contributed by atoms with E-state index in [0.29, 0.717) is 31.9 Å². The maximum atomic E-state index is 14.0. The number of amides is 3. The van der Waals surface area contributed by atoms with E-state index in [-0.39, 0.29) is 24.7 Å². The highest BCUT2D eigenvalue weighted by Crippen LogP contribution is 2.27. The van der Waals surface area contributed by atoms with Gasteiger partial charge in [0.2, 0.25) is 5.91 Å². The molecule has 1 atom stereocenters. The normalized spacial score (nSPS) is 19.0. The minimum Gasteiger partial charge on any atom is -0.497 e. The Morgan fingerprint density at radius 2 is 1.84 bits per heavy atom. The van der Waals surface area contributed by atoms with Crippen LogP contribution in [0.2, 0.25) is 0 Å². The molecule has 2 aliphatic rings. The van der Waals surface area contributed by atoms with Gasteiger partial charge in [0.15, 0.2) is 0 Å². The molecule has 2 fully saturated rings. The average Bonchev–Trinajstić information content (AvgIpc) is 3.13. The van der Waals surface area contributed by atoms with Crippen LogP contribution in [0, 0.1) is 11.6 Å². The number of hydrogen-bond donors (Lipinski definition) is 1. The molecule has 0 saturated carbocycles. The van der Waals surface area contributed by atoms with Gasteiger partial charge in [0.05, 0.1) is 7.11 Å². The van der Waals surface area contributed by atoms with Crippen LogP contribution in [0.3, 0.4) is 0 Å². The summed E-state index contributed by atoms with van der Waals surface area (Å²) in [6.45, 7) is 2.21. The topological polar surface area (TPSA) is 78.0 Å². The van der Waals surface area contributed by atoms with Crippen LogP contribution in [0.4, 0.5) is 25.1 Å². The summed E-state index contributed by atoms with van der Waals surface area (Å²) in [7, 11) is 1.59. The Kier molecular flexibility index (Phi) is 5.88. The average molecular weight is 431 g/mol. The Bertz CT molecular complexity index is 961. The first kappa shape index (κ1) is 20.8. The number of piperazine rings is 1. The molecule has 31 heavy (non-hydrogen) atoms. The lowest BCUT2D eigenvalue weighted by Gasteiger charge is -2.35. The van der Waals surface area contributed by atoms with Gasteiger partial charge >= 0.3 is 6.03 Å². The smallest absolute Gasteiger partial charge is 0.318 e. The maximum Gasteiger partial charge on any atom is 0.318 e. The second-order valence-corrected chi connectivity index (χ2v) is 7.38. The van der Waals surface area contributed by atoms with Crippen molar-refractivity contribution in [3.63, 3.8) is 0 Å². The van der Waals surface area contributed by atoms with Gasteiger partial charge in [-0.3, -0.25) is 4.79 Å². The van der Waals surface area contributed by atoms with Crippen molar-refractivity contribution < 1.29 is 23.1 Å². The Morgan fingerprint density at radius 1 is 1.13 bits per heavy atom. The van der Waals surface area contributed by atoms with Crippen molar-refractivity contribution in [2.75, 3.05) is 49.6 Å². The van der Waals surface area contributed by atoms with Gasteiger partial charge in [-0.25, -0.2) is 18.6 Å². The highest BCUT2D eigenvalue weighted by Gasteiger charge is 2.37. The van der Waals surface area contributed by atoms with E-state index in [4.69, 9.17) is 4.74 Å². The molecule has 1 aromatic carbocycles. The molecule has 3 amide bonds. The highest BCUT2D eigenvalue weighted by atomic mass is 19.1. The van der Waals surface area contributed by atoms with Gasteiger partial charge < -0.3 is 24.8 Å². The quantitative estimate of drug-likeness (QED) is 0.802. The SMILES string of the molecule is COc1ccnc(N2CCN(C(=O)NC3CCN(c4c(F)cccc4F)C3=O)CC2)c1. The van der Waals surface area contributed by atoms with Gasteiger partial charge in [-0.1, -0.05) is 6.07 Å². The Balaban J connectivity index is 1.34. The Morgan fingerprint density at radius 3 is 2.52 bits per heavy atom. The molecular formula is C21H23F2N5O3. The van der Waals surface area contributed by atoms with E-state index in [1.165, 1.54) is 6.07 Å². The fourth-order valence-corrected chi connectivity index (χ4v) is 3.86. The van der Waals surface area contributed by atoms with Crippen LogP contribution in [0.5, 0.6) is 5.75 Å². The van der Waals surface area contributed by atoms with E-state index in [1.54, 1.807) is 24.3 Å². The van der Waals surface area contributed by atoms with Crippen molar-refractivity contribution >= 4 is 23.4 Å². The van der Waals surface area contributed by atoms with Crippen LogP contribution < -0.4 is 19.9 Å². The molecule has 0 bridgehead atoms. The predicted molar refractivity (Wildman–Crippen MR) is 110 cm³/mol. The molecule has 1 N–H and O–H groups in total. The molecule has 2 saturated heterocycles. The van der Waals surface area contributed by atoms with E-state index in [9.17, 15) is 18.4 Å². The second-order valence-electron chi connectivity index (χ2n) is 7.38. The number of aromatic nitrogens is 1. The zero-order valence-electron chi connectivity index (χ0n) is 17.1. The van der Waals surface area contributed by atoms with Gasteiger partial charge in [-0.2, -0.15) is 0 Å². The van der Waals surface area contributed by atoms with E-state index in [1.807, 2.05) is 6.07 Å². The summed E-state index contributed by atoms with van der Waals surface area (Å²) < 4.78 is 33.3. The molecule has 1 aromatic heterocycles. The lowest BCUT2D eigenvalue weighted by Crippen LogP contribution is -2.54. The number of urea groups is 1. The first-order valence-corrected chi connectivity index (χ1v) is 10.0. The minimum absolute atomic E-state index is 0.136. The number of ether oxygens (including phenoxy) is 1. The number of para-hydroxylation sites is 1. The molecule has 2 aliphatic heterocycles. The van der Waals surface area contributed by atoms with Crippen LogP contribution in [0.1, 0.15) is 6.42 Å². The van der Waals surface area contributed by atoms with Crippen LogP contribution in [-0.4, -0.2) is 67.7 Å². The van der Waals surface area contributed by atoms with Crippen LogP contribution in [0.25, 0.3) is 0 Å². The molecule has 8 nitrogen and oxygen atoms in total. The third kappa shape index (κ3) is 4.23. The number of methoxy groups -OCH3 is 1. The molecular weight excluding hydrogens is 408 g/mol. The number of nitrogens with one attached hydrogen (secondary N) is 1. The molecule has 10 heteroatoms. The number of benzene rings is 1. The summed E-state index contributed by atoms with van der Waals surface area (Å²) in [6, 6.07) is 5.88. The molecule has 0 radical (unpaired) electrons. The number of hydrogen-bond acceptors (Lipinski definition) is 5. The molecule has 4 rings (SSSR count). The van der Waals surface area contributed by atoms with Gasteiger partial charge in [0.25, 0.3) is 0 Å². The largest absolute Gasteiger partial charge is 0.497 e. The lowest BCUT2D eigenvalue weighted by molar-refractivity contribution is -0.118. The number of rotatable bonds is 4. The minimum atomic E-state index is -0.815. The Hall–Kier alpha value is -3.43. The monoisotopic (exact) mass is 431 g/mol. The van der Waals surface area contributed by atoms with Crippen molar-refractivity contribution in [1.82, 2.24) is 15.2 Å². The van der Waals surface area contributed by atoms with Gasteiger partial charge in [-0.15, -0.1) is 0 Å². The van der Waals surface area contributed by atoms with Crippen LogP contribution in [-0.2, 0) is 4.79 Å². The highest BCUT2D eigenvalue weighted by molar-refractivity contribution is 6.01. The zero-order chi connectivity index (χ0) is 22.0. The van der Waals surface area contributed by atoms with Gasteiger partial charge in [0, 0.05) is 45.0 Å². The number of carbonyl (C=O) groups is 2. The molecule has 3 heterocycles. The third-order valence-electron chi connectivity index (χ3n) is 5.55. The number of carbonyl (C=O) groups excluding carboxylic acids is 2. The number of anilines is 2. The summed E-state index contributed by atoms with van der Waals surface area (Å²) in [5, 5.41) is 2.71. The first-order valence-electron chi connectivity index (χ1n) is 10.0.